The molecule has 1 aliphatic heterocycles. The van der Waals surface area contributed by atoms with Crippen molar-refractivity contribution < 1.29 is 4.79 Å². The molecule has 1 amide bonds. The van der Waals surface area contributed by atoms with Gasteiger partial charge in [-0.25, -0.2) is 5.01 Å². The van der Waals surface area contributed by atoms with Crippen LogP contribution in [0.3, 0.4) is 0 Å². The average molecular weight is 275 g/mol. The SMILES string of the molecule is Cc1ccc(C(N)C(=O)NN2C(C)CCCC2C)cc1. The number of aryl methyl sites for hydroxylation is 1. The molecule has 2 rings (SSSR count). The van der Waals surface area contributed by atoms with Crippen LogP contribution in [0.15, 0.2) is 24.3 Å². The van der Waals surface area contributed by atoms with Crippen molar-refractivity contribution in [3.63, 3.8) is 0 Å². The van der Waals surface area contributed by atoms with Gasteiger partial charge in [-0.3, -0.25) is 10.2 Å². The van der Waals surface area contributed by atoms with Gasteiger partial charge in [0.25, 0.3) is 5.91 Å². The first-order valence-electron chi connectivity index (χ1n) is 7.40. The average Bonchev–Trinajstić information content (AvgIpc) is 2.43. The summed E-state index contributed by atoms with van der Waals surface area (Å²) in [5.74, 6) is -0.130. The van der Waals surface area contributed by atoms with Gasteiger partial charge in [0.15, 0.2) is 0 Å². The normalized spacial score (nSPS) is 25.2. The van der Waals surface area contributed by atoms with E-state index in [1.807, 2.05) is 31.2 Å². The molecule has 1 fully saturated rings. The van der Waals surface area contributed by atoms with Crippen LogP contribution in [0.25, 0.3) is 0 Å². The Hall–Kier alpha value is -1.39. The summed E-state index contributed by atoms with van der Waals surface area (Å²) < 4.78 is 0. The van der Waals surface area contributed by atoms with Gasteiger partial charge >= 0.3 is 0 Å². The molecular formula is C16H25N3O. The quantitative estimate of drug-likeness (QED) is 0.890. The van der Waals surface area contributed by atoms with E-state index in [4.69, 9.17) is 5.73 Å². The van der Waals surface area contributed by atoms with E-state index in [9.17, 15) is 4.79 Å². The third-order valence-electron chi connectivity index (χ3n) is 4.15. The van der Waals surface area contributed by atoms with E-state index in [2.05, 4.69) is 24.3 Å². The number of nitrogens with one attached hydrogen (secondary N) is 1. The van der Waals surface area contributed by atoms with E-state index in [0.717, 1.165) is 18.4 Å². The topological polar surface area (TPSA) is 58.4 Å². The highest BCUT2D eigenvalue weighted by Gasteiger charge is 2.28. The number of benzene rings is 1. The van der Waals surface area contributed by atoms with Gasteiger partial charge in [-0.15, -0.1) is 0 Å². The van der Waals surface area contributed by atoms with Gasteiger partial charge in [-0.1, -0.05) is 36.2 Å². The number of hydrazine groups is 1. The summed E-state index contributed by atoms with van der Waals surface area (Å²) in [5, 5.41) is 2.06. The molecule has 0 aliphatic carbocycles. The fraction of sp³-hybridized carbons (Fsp3) is 0.562. The van der Waals surface area contributed by atoms with Crippen molar-refractivity contribution in [2.45, 2.75) is 58.2 Å². The van der Waals surface area contributed by atoms with E-state index < -0.39 is 6.04 Å². The predicted molar refractivity (Wildman–Crippen MR) is 80.9 cm³/mol. The van der Waals surface area contributed by atoms with Crippen LogP contribution in [0.4, 0.5) is 0 Å². The van der Waals surface area contributed by atoms with Crippen molar-refractivity contribution in [3.05, 3.63) is 35.4 Å². The van der Waals surface area contributed by atoms with Crippen LogP contribution >= 0.6 is 0 Å². The van der Waals surface area contributed by atoms with Crippen molar-refractivity contribution >= 4 is 5.91 Å². The second kappa shape index (κ2) is 6.37. The van der Waals surface area contributed by atoms with Gasteiger partial charge in [0.05, 0.1) is 0 Å². The molecule has 1 saturated heterocycles. The Balaban J connectivity index is 2.01. The molecule has 0 bridgehead atoms. The Morgan fingerprint density at radius 3 is 2.35 bits per heavy atom. The van der Waals surface area contributed by atoms with Crippen LogP contribution in [0.2, 0.25) is 0 Å². The summed E-state index contributed by atoms with van der Waals surface area (Å²) in [6.07, 6.45) is 3.45. The zero-order valence-corrected chi connectivity index (χ0v) is 12.6. The molecule has 0 aromatic heterocycles. The van der Waals surface area contributed by atoms with Gasteiger partial charge in [0.1, 0.15) is 6.04 Å². The van der Waals surface area contributed by atoms with Crippen LogP contribution in [0.1, 0.15) is 50.3 Å². The van der Waals surface area contributed by atoms with Crippen molar-refractivity contribution in [2.75, 3.05) is 0 Å². The molecule has 3 unspecified atom stereocenters. The number of nitrogens with zero attached hydrogens (tertiary/aromatic N) is 1. The summed E-state index contributed by atoms with van der Waals surface area (Å²) in [4.78, 5) is 12.3. The predicted octanol–water partition coefficient (Wildman–Crippen LogP) is 2.29. The first-order valence-corrected chi connectivity index (χ1v) is 7.40. The molecule has 110 valence electrons. The monoisotopic (exact) mass is 275 g/mol. The van der Waals surface area contributed by atoms with Gasteiger partial charge in [-0.2, -0.15) is 0 Å². The van der Waals surface area contributed by atoms with E-state index in [-0.39, 0.29) is 5.91 Å². The summed E-state index contributed by atoms with van der Waals surface area (Å²) >= 11 is 0. The second-order valence-corrected chi connectivity index (χ2v) is 5.90. The molecule has 3 N–H and O–H groups in total. The lowest BCUT2D eigenvalue weighted by Gasteiger charge is -2.39. The zero-order chi connectivity index (χ0) is 14.7. The lowest BCUT2D eigenvalue weighted by Crippen LogP contribution is -2.55. The van der Waals surface area contributed by atoms with Crippen molar-refractivity contribution in [2.24, 2.45) is 5.73 Å². The van der Waals surface area contributed by atoms with Gasteiger partial charge in [0.2, 0.25) is 0 Å². The lowest BCUT2D eigenvalue weighted by atomic mass is 9.99. The number of hydrogen-bond donors (Lipinski definition) is 2. The fourth-order valence-electron chi connectivity index (χ4n) is 2.76. The Kier molecular flexibility index (Phi) is 4.78. The number of nitrogens with two attached hydrogens (primary N) is 1. The maximum atomic E-state index is 12.3. The molecule has 20 heavy (non-hydrogen) atoms. The highest BCUT2D eigenvalue weighted by molar-refractivity contribution is 5.82. The number of carbonyl (C=O) groups excluding carboxylic acids is 1. The zero-order valence-electron chi connectivity index (χ0n) is 12.6. The molecule has 3 atom stereocenters. The van der Waals surface area contributed by atoms with Crippen molar-refractivity contribution in [3.8, 4) is 0 Å². The number of rotatable bonds is 3. The molecular weight excluding hydrogens is 250 g/mol. The molecule has 1 aromatic rings. The van der Waals surface area contributed by atoms with Crippen molar-refractivity contribution in [1.82, 2.24) is 10.4 Å². The number of hydrogen-bond acceptors (Lipinski definition) is 3. The molecule has 1 heterocycles. The Morgan fingerprint density at radius 2 is 1.80 bits per heavy atom. The van der Waals surface area contributed by atoms with Gasteiger partial charge < -0.3 is 5.73 Å². The number of carbonyl (C=O) groups is 1. The minimum Gasteiger partial charge on any atom is -0.316 e. The third kappa shape index (κ3) is 3.38. The molecule has 1 aromatic carbocycles. The summed E-state index contributed by atoms with van der Waals surface area (Å²) in [5.41, 5.74) is 11.1. The molecule has 0 saturated carbocycles. The van der Waals surface area contributed by atoms with Crippen LogP contribution in [-0.2, 0) is 4.79 Å². The van der Waals surface area contributed by atoms with Crippen LogP contribution in [0, 0.1) is 6.92 Å². The summed E-state index contributed by atoms with van der Waals surface area (Å²) in [6.45, 7) is 6.31. The van der Waals surface area contributed by atoms with E-state index in [1.54, 1.807) is 0 Å². The molecule has 0 radical (unpaired) electrons. The minimum absolute atomic E-state index is 0.130. The number of amides is 1. The van der Waals surface area contributed by atoms with Gasteiger partial charge in [-0.05, 0) is 39.2 Å². The van der Waals surface area contributed by atoms with E-state index >= 15 is 0 Å². The lowest BCUT2D eigenvalue weighted by molar-refractivity contribution is -0.130. The first-order chi connectivity index (χ1) is 9.49. The first kappa shape index (κ1) is 15.0. The molecule has 0 spiro atoms. The summed E-state index contributed by atoms with van der Waals surface area (Å²) in [7, 11) is 0. The third-order valence-corrected chi connectivity index (χ3v) is 4.15. The number of piperidine rings is 1. The largest absolute Gasteiger partial charge is 0.316 e. The molecule has 1 aliphatic rings. The fourth-order valence-corrected chi connectivity index (χ4v) is 2.76. The van der Waals surface area contributed by atoms with Crippen LogP contribution in [-0.4, -0.2) is 23.0 Å². The van der Waals surface area contributed by atoms with E-state index in [0.29, 0.717) is 12.1 Å². The maximum Gasteiger partial charge on any atom is 0.255 e. The van der Waals surface area contributed by atoms with E-state index in [1.165, 1.54) is 12.0 Å². The Labute approximate surface area is 121 Å². The minimum atomic E-state index is -0.614. The highest BCUT2D eigenvalue weighted by atomic mass is 16.2. The Bertz CT molecular complexity index is 447. The van der Waals surface area contributed by atoms with Crippen LogP contribution < -0.4 is 11.2 Å². The molecule has 4 heteroatoms. The smallest absolute Gasteiger partial charge is 0.255 e. The standard InChI is InChI=1S/C16H25N3O/c1-11-7-9-14(10-8-11)15(17)16(20)18-19-12(2)5-4-6-13(19)3/h7-10,12-13,15H,4-6,17H2,1-3H3,(H,18,20). The van der Waals surface area contributed by atoms with Crippen molar-refractivity contribution in [1.29, 1.82) is 0 Å². The Morgan fingerprint density at radius 1 is 1.25 bits per heavy atom. The maximum absolute atomic E-state index is 12.3. The second-order valence-electron chi connectivity index (χ2n) is 5.90. The van der Waals surface area contributed by atoms with Gasteiger partial charge in [0, 0.05) is 12.1 Å². The highest BCUT2D eigenvalue weighted by Crippen LogP contribution is 2.21. The molecule has 4 nitrogen and oxygen atoms in total. The summed E-state index contributed by atoms with van der Waals surface area (Å²) in [6, 6.07) is 7.92. The van der Waals surface area contributed by atoms with Crippen LogP contribution in [0.5, 0.6) is 0 Å².